The van der Waals surface area contributed by atoms with Crippen LogP contribution in [0.5, 0.6) is 11.6 Å². The number of aliphatic hydroxyl groups is 2. The molecule has 3 aromatic rings. The number of halogens is 2. The quantitative estimate of drug-likeness (QED) is 0.326. The minimum atomic E-state index is -3.15. The summed E-state index contributed by atoms with van der Waals surface area (Å²) in [7, 11) is 0. The number of alkyl halides is 2. The van der Waals surface area contributed by atoms with Gasteiger partial charge in [0.2, 0.25) is 5.88 Å². The third kappa shape index (κ3) is 6.25. The van der Waals surface area contributed by atoms with E-state index >= 15 is 0 Å². The molecule has 0 aliphatic carbocycles. The molecule has 9 nitrogen and oxygen atoms in total. The summed E-state index contributed by atoms with van der Waals surface area (Å²) in [6.07, 6.45) is -2.43. The lowest BCUT2D eigenvalue weighted by Crippen LogP contribution is -2.53. The van der Waals surface area contributed by atoms with E-state index in [0.717, 1.165) is 12.5 Å². The molecule has 4 atom stereocenters. The highest BCUT2D eigenvalue weighted by Gasteiger charge is 2.41. The highest BCUT2D eigenvalue weighted by atomic mass is 19.3. The Bertz CT molecular complexity index is 1230. The Morgan fingerprint density at radius 3 is 2.57 bits per heavy atom. The molecule has 2 aromatic heterocycles. The Balaban J connectivity index is 1.35. The summed E-state index contributed by atoms with van der Waals surface area (Å²) in [5.41, 5.74) is 1.17. The van der Waals surface area contributed by atoms with E-state index in [1.54, 1.807) is 36.4 Å². The van der Waals surface area contributed by atoms with Crippen LogP contribution < -0.4 is 9.47 Å². The number of carbonyl (C=O) groups excluding carboxylic acids is 1. The van der Waals surface area contributed by atoms with Crippen molar-refractivity contribution in [3.05, 3.63) is 72.6 Å². The third-order valence-corrected chi connectivity index (χ3v) is 5.81. The van der Waals surface area contributed by atoms with Gasteiger partial charge in [0.1, 0.15) is 48.0 Å². The van der Waals surface area contributed by atoms with Crippen LogP contribution in [0.25, 0.3) is 17.0 Å². The molecule has 194 valence electrons. The predicted molar refractivity (Wildman–Crippen MR) is 128 cm³/mol. The molecular formula is C26H25F2N3O6. The maximum atomic E-state index is 13.6. The fraction of sp³-hybridized carbons (Fsp3) is 0.308. The summed E-state index contributed by atoms with van der Waals surface area (Å²) in [6.45, 7) is 4.01. The number of benzene rings is 1. The second kappa shape index (κ2) is 11.0. The van der Waals surface area contributed by atoms with E-state index in [1.165, 1.54) is 18.2 Å². The number of carbonyl (C=O) groups is 1. The summed E-state index contributed by atoms with van der Waals surface area (Å²) >= 11 is 0. The number of rotatable bonds is 9. The predicted octanol–water partition coefficient (Wildman–Crippen LogP) is 3.58. The van der Waals surface area contributed by atoms with Gasteiger partial charge in [0, 0.05) is 18.6 Å². The molecule has 1 saturated heterocycles. The monoisotopic (exact) mass is 513 g/mol. The molecule has 11 heteroatoms. The molecule has 0 unspecified atom stereocenters. The van der Waals surface area contributed by atoms with E-state index < -0.39 is 35.8 Å². The number of nitrogens with zero attached hydrogens (tertiary/aromatic N) is 3. The standard InChI is InChI=1S/C26H25F2N3O6/c1-15(33)19-10-11-20(31-30-19)16-6-8-17(9-7-16)35-14-22-25(34)18(12-32)21(13-36-22)37-24-5-3-4-23(29-24)26(2,27)28/h3-12,18,21-22,25,33-34H,1,13-14H2,2H3/t18-,21+,22-,25-/m1/s1. The minimum Gasteiger partial charge on any atom is -0.506 e. The van der Waals surface area contributed by atoms with Gasteiger partial charge in [-0.25, -0.2) is 4.98 Å². The molecule has 3 heterocycles. The fourth-order valence-electron chi connectivity index (χ4n) is 3.74. The molecule has 1 fully saturated rings. The number of pyridine rings is 1. The Kier molecular flexibility index (Phi) is 7.74. The first-order valence-corrected chi connectivity index (χ1v) is 11.4. The number of aldehydes is 1. The molecule has 37 heavy (non-hydrogen) atoms. The van der Waals surface area contributed by atoms with Crippen molar-refractivity contribution in [2.75, 3.05) is 13.2 Å². The van der Waals surface area contributed by atoms with Gasteiger partial charge in [-0.3, -0.25) is 0 Å². The summed E-state index contributed by atoms with van der Waals surface area (Å²) in [6, 6.07) is 14.2. The van der Waals surface area contributed by atoms with E-state index in [9.17, 15) is 23.8 Å². The molecule has 1 aliphatic rings. The van der Waals surface area contributed by atoms with Crippen LogP contribution >= 0.6 is 0 Å². The Morgan fingerprint density at radius 2 is 1.95 bits per heavy atom. The Morgan fingerprint density at radius 1 is 1.19 bits per heavy atom. The summed E-state index contributed by atoms with van der Waals surface area (Å²) < 4.78 is 44.2. The molecular weight excluding hydrogens is 488 g/mol. The Hall–Kier alpha value is -3.96. The van der Waals surface area contributed by atoms with E-state index in [2.05, 4.69) is 21.8 Å². The smallest absolute Gasteiger partial charge is 0.287 e. The van der Waals surface area contributed by atoms with E-state index in [0.29, 0.717) is 17.7 Å². The average molecular weight is 513 g/mol. The van der Waals surface area contributed by atoms with Crippen molar-refractivity contribution < 1.29 is 38.0 Å². The molecule has 1 aromatic carbocycles. The molecule has 0 spiro atoms. The summed E-state index contributed by atoms with van der Waals surface area (Å²) in [4.78, 5) is 15.5. The topological polar surface area (TPSA) is 124 Å². The summed E-state index contributed by atoms with van der Waals surface area (Å²) in [5, 5.41) is 28.0. The first-order chi connectivity index (χ1) is 17.7. The minimum absolute atomic E-state index is 0.0412. The second-order valence-electron chi connectivity index (χ2n) is 8.57. The largest absolute Gasteiger partial charge is 0.506 e. The van der Waals surface area contributed by atoms with Gasteiger partial charge in [-0.05, 0) is 42.5 Å². The van der Waals surface area contributed by atoms with Crippen LogP contribution in [0.3, 0.4) is 0 Å². The van der Waals surface area contributed by atoms with E-state index in [1.807, 2.05) is 0 Å². The lowest BCUT2D eigenvalue weighted by atomic mass is 9.91. The molecule has 4 rings (SSSR count). The highest BCUT2D eigenvalue weighted by Crippen LogP contribution is 2.29. The number of ether oxygens (including phenoxy) is 3. The normalized spacial score (nSPS) is 21.7. The van der Waals surface area contributed by atoms with Crippen molar-refractivity contribution in [1.29, 1.82) is 0 Å². The zero-order chi connectivity index (χ0) is 26.6. The molecule has 0 amide bonds. The van der Waals surface area contributed by atoms with Crippen LogP contribution in [-0.2, 0) is 15.5 Å². The van der Waals surface area contributed by atoms with Gasteiger partial charge in [0.05, 0.1) is 24.3 Å². The van der Waals surface area contributed by atoms with Crippen LogP contribution in [-0.4, -0.2) is 63.2 Å². The molecule has 0 bridgehead atoms. The van der Waals surface area contributed by atoms with E-state index in [-0.39, 0.29) is 30.5 Å². The van der Waals surface area contributed by atoms with Gasteiger partial charge >= 0.3 is 0 Å². The molecule has 0 radical (unpaired) electrons. The number of hydrogen-bond acceptors (Lipinski definition) is 9. The molecule has 1 aliphatic heterocycles. The van der Waals surface area contributed by atoms with Gasteiger partial charge in [-0.1, -0.05) is 12.6 Å². The van der Waals surface area contributed by atoms with E-state index in [4.69, 9.17) is 14.2 Å². The lowest BCUT2D eigenvalue weighted by Gasteiger charge is -2.37. The van der Waals surface area contributed by atoms with Crippen molar-refractivity contribution in [2.45, 2.75) is 31.2 Å². The van der Waals surface area contributed by atoms with Crippen molar-refractivity contribution in [3.8, 4) is 22.9 Å². The number of aromatic nitrogens is 3. The molecule has 2 N–H and O–H groups in total. The van der Waals surface area contributed by atoms with Gasteiger partial charge < -0.3 is 29.2 Å². The van der Waals surface area contributed by atoms with Crippen molar-refractivity contribution in [3.63, 3.8) is 0 Å². The summed E-state index contributed by atoms with van der Waals surface area (Å²) in [5.74, 6) is -3.90. The van der Waals surface area contributed by atoms with Crippen molar-refractivity contribution in [2.24, 2.45) is 5.92 Å². The van der Waals surface area contributed by atoms with Gasteiger partial charge in [-0.2, -0.15) is 8.78 Å². The van der Waals surface area contributed by atoms with Crippen LogP contribution in [0.15, 0.2) is 61.2 Å². The Labute approximate surface area is 211 Å². The zero-order valence-corrected chi connectivity index (χ0v) is 19.8. The zero-order valence-electron chi connectivity index (χ0n) is 19.8. The van der Waals surface area contributed by atoms with Gasteiger partial charge in [-0.15, -0.1) is 10.2 Å². The fourth-order valence-corrected chi connectivity index (χ4v) is 3.74. The maximum absolute atomic E-state index is 13.6. The maximum Gasteiger partial charge on any atom is 0.287 e. The van der Waals surface area contributed by atoms with Crippen LogP contribution in [0, 0.1) is 5.92 Å². The van der Waals surface area contributed by atoms with Crippen molar-refractivity contribution >= 4 is 12.0 Å². The van der Waals surface area contributed by atoms with Gasteiger partial charge in [0.15, 0.2) is 0 Å². The van der Waals surface area contributed by atoms with Crippen LogP contribution in [0.4, 0.5) is 8.78 Å². The first kappa shape index (κ1) is 26.1. The lowest BCUT2D eigenvalue weighted by molar-refractivity contribution is -0.164. The van der Waals surface area contributed by atoms with Crippen LogP contribution in [0.1, 0.15) is 18.3 Å². The number of aliphatic hydroxyl groups excluding tert-OH is 2. The highest BCUT2D eigenvalue weighted by molar-refractivity contribution is 5.61. The molecule has 0 saturated carbocycles. The SMILES string of the molecule is C=C(O)c1ccc(-c2ccc(OC[C@H]3OC[C@H](Oc4cccc(C(C)(F)F)n4)[C@@H](C=O)[C@H]3O)cc2)nn1. The second-order valence-corrected chi connectivity index (χ2v) is 8.57. The van der Waals surface area contributed by atoms with Gasteiger partial charge in [0.25, 0.3) is 5.92 Å². The van der Waals surface area contributed by atoms with Crippen LogP contribution in [0.2, 0.25) is 0 Å². The first-order valence-electron chi connectivity index (χ1n) is 11.4. The average Bonchev–Trinajstić information content (AvgIpc) is 2.88. The van der Waals surface area contributed by atoms with Crippen molar-refractivity contribution in [1.82, 2.24) is 15.2 Å². The third-order valence-electron chi connectivity index (χ3n) is 5.81. The number of hydrogen-bond donors (Lipinski definition) is 2.